The first-order chi connectivity index (χ1) is 15.8. The van der Waals surface area contributed by atoms with E-state index in [0.717, 1.165) is 17.2 Å². The van der Waals surface area contributed by atoms with Gasteiger partial charge in [0.05, 0.1) is 29.1 Å². The van der Waals surface area contributed by atoms with Crippen molar-refractivity contribution < 1.29 is 18.0 Å². The standard InChI is InChI=1S/C24H16F3N3O.C2H6/c1-15-10-21-22(12-19(15)24(25,26)27)30-23(31)13-20(29-21)18-6-2-4-16(11-18)7-8-17-5-3-9-28-14-17;1-2/h2-6,9-12,14H,13H2,1H3,(H,30,31);1-2H3. The molecule has 2 aromatic carbocycles. The van der Waals surface area contributed by atoms with Crippen LogP contribution in [0, 0.1) is 18.8 Å². The van der Waals surface area contributed by atoms with E-state index < -0.39 is 17.6 Å². The molecule has 0 radical (unpaired) electrons. The van der Waals surface area contributed by atoms with Gasteiger partial charge >= 0.3 is 6.18 Å². The van der Waals surface area contributed by atoms with Crippen LogP contribution in [0.1, 0.15) is 48.1 Å². The smallest absolute Gasteiger partial charge is 0.324 e. The molecule has 1 N–H and O–H groups in total. The second kappa shape index (κ2) is 10.1. The maximum atomic E-state index is 13.2. The maximum Gasteiger partial charge on any atom is 0.416 e. The predicted molar refractivity (Wildman–Crippen MR) is 124 cm³/mol. The minimum Gasteiger partial charge on any atom is -0.324 e. The predicted octanol–water partition coefficient (Wildman–Crippen LogP) is 6.30. The van der Waals surface area contributed by atoms with Crippen molar-refractivity contribution in [1.82, 2.24) is 4.98 Å². The quantitative estimate of drug-likeness (QED) is 0.444. The summed E-state index contributed by atoms with van der Waals surface area (Å²) in [7, 11) is 0. The van der Waals surface area contributed by atoms with E-state index in [0.29, 0.717) is 11.3 Å². The Morgan fingerprint density at radius 1 is 1.00 bits per heavy atom. The summed E-state index contributed by atoms with van der Waals surface area (Å²) in [5, 5.41) is 2.53. The van der Waals surface area contributed by atoms with Crippen LogP contribution in [0.15, 0.2) is 65.9 Å². The number of aromatic nitrogens is 1. The Morgan fingerprint density at radius 3 is 2.42 bits per heavy atom. The van der Waals surface area contributed by atoms with Crippen molar-refractivity contribution in [1.29, 1.82) is 0 Å². The summed E-state index contributed by atoms with van der Waals surface area (Å²) in [6, 6.07) is 13.1. The first-order valence-corrected chi connectivity index (χ1v) is 10.4. The normalized spacial score (nSPS) is 12.7. The van der Waals surface area contributed by atoms with Gasteiger partial charge in [-0.1, -0.05) is 37.8 Å². The van der Waals surface area contributed by atoms with E-state index in [1.54, 1.807) is 36.7 Å². The summed E-state index contributed by atoms with van der Waals surface area (Å²) in [5.41, 5.74) is 2.21. The van der Waals surface area contributed by atoms with Crippen LogP contribution in [0.3, 0.4) is 0 Å². The van der Waals surface area contributed by atoms with Crippen molar-refractivity contribution in [2.45, 2.75) is 33.4 Å². The molecule has 2 heterocycles. The van der Waals surface area contributed by atoms with Crippen LogP contribution in [-0.4, -0.2) is 16.6 Å². The lowest BCUT2D eigenvalue weighted by Gasteiger charge is -2.13. The fraction of sp³-hybridized carbons (Fsp3) is 0.192. The second-order valence-electron chi connectivity index (χ2n) is 7.04. The summed E-state index contributed by atoms with van der Waals surface area (Å²) in [6.45, 7) is 5.37. The van der Waals surface area contributed by atoms with Crippen molar-refractivity contribution in [3.05, 3.63) is 88.7 Å². The molecular formula is C26H22F3N3O. The lowest BCUT2D eigenvalue weighted by molar-refractivity contribution is -0.138. The Morgan fingerprint density at radius 2 is 1.73 bits per heavy atom. The van der Waals surface area contributed by atoms with Crippen LogP contribution in [0.2, 0.25) is 0 Å². The molecule has 1 amide bonds. The number of aryl methyl sites for hydroxylation is 1. The molecule has 0 unspecified atom stereocenters. The number of nitrogens with one attached hydrogen (secondary N) is 1. The van der Waals surface area contributed by atoms with Gasteiger partial charge in [-0.25, -0.2) is 0 Å². The summed E-state index contributed by atoms with van der Waals surface area (Å²) in [4.78, 5) is 20.9. The highest BCUT2D eigenvalue weighted by Gasteiger charge is 2.34. The SMILES string of the molecule is CC.Cc1cc2c(cc1C(F)(F)F)NC(=O)CC(c1cccc(C#Cc3cccnc3)c1)=N2. The maximum absolute atomic E-state index is 13.2. The fourth-order valence-corrected chi connectivity index (χ4v) is 3.25. The topological polar surface area (TPSA) is 54.4 Å². The van der Waals surface area contributed by atoms with Gasteiger partial charge in [0, 0.05) is 23.5 Å². The number of rotatable bonds is 1. The number of carbonyl (C=O) groups excluding carboxylic acids is 1. The Bertz CT molecular complexity index is 1250. The van der Waals surface area contributed by atoms with E-state index >= 15 is 0 Å². The van der Waals surface area contributed by atoms with Gasteiger partial charge in [-0.05, 0) is 54.4 Å². The Hall–Kier alpha value is -3.92. The van der Waals surface area contributed by atoms with E-state index in [2.05, 4.69) is 27.1 Å². The molecule has 0 fully saturated rings. The lowest BCUT2D eigenvalue weighted by atomic mass is 10.0. The largest absolute Gasteiger partial charge is 0.416 e. The highest BCUT2D eigenvalue weighted by atomic mass is 19.4. The van der Waals surface area contributed by atoms with Gasteiger partial charge < -0.3 is 5.32 Å². The van der Waals surface area contributed by atoms with Gasteiger partial charge in [0.1, 0.15) is 0 Å². The summed E-state index contributed by atoms with van der Waals surface area (Å²) in [5.74, 6) is 5.64. The van der Waals surface area contributed by atoms with Gasteiger partial charge in [-0.2, -0.15) is 13.2 Å². The Kier molecular flexibility index (Phi) is 7.29. The summed E-state index contributed by atoms with van der Waals surface area (Å²) in [6.07, 6.45) is -1.25. The van der Waals surface area contributed by atoms with Crippen LogP contribution in [0.25, 0.3) is 0 Å². The molecule has 168 valence electrons. The molecule has 4 rings (SSSR count). The van der Waals surface area contributed by atoms with E-state index in [1.807, 2.05) is 26.0 Å². The van der Waals surface area contributed by atoms with E-state index in [4.69, 9.17) is 0 Å². The summed E-state index contributed by atoms with van der Waals surface area (Å²) < 4.78 is 39.7. The Labute approximate surface area is 190 Å². The van der Waals surface area contributed by atoms with Crippen molar-refractivity contribution in [2.24, 2.45) is 4.99 Å². The number of halogens is 3. The molecule has 0 saturated heterocycles. The number of benzene rings is 2. The fourth-order valence-electron chi connectivity index (χ4n) is 3.25. The number of carbonyl (C=O) groups is 1. The highest BCUT2D eigenvalue weighted by Crippen LogP contribution is 2.39. The van der Waals surface area contributed by atoms with E-state index in [9.17, 15) is 18.0 Å². The number of fused-ring (bicyclic) bond motifs is 1. The van der Waals surface area contributed by atoms with Crippen LogP contribution in [0.4, 0.5) is 24.5 Å². The molecule has 1 aromatic heterocycles. The van der Waals surface area contributed by atoms with Gasteiger partial charge in [0.25, 0.3) is 0 Å². The van der Waals surface area contributed by atoms with Crippen molar-refractivity contribution >= 4 is 23.0 Å². The van der Waals surface area contributed by atoms with Gasteiger partial charge in [-0.3, -0.25) is 14.8 Å². The average Bonchev–Trinajstić information content (AvgIpc) is 2.96. The van der Waals surface area contributed by atoms with Gasteiger partial charge in [0.15, 0.2) is 0 Å². The highest BCUT2D eigenvalue weighted by molar-refractivity contribution is 6.17. The lowest BCUT2D eigenvalue weighted by Crippen LogP contribution is -2.15. The van der Waals surface area contributed by atoms with Crippen molar-refractivity contribution in [2.75, 3.05) is 5.32 Å². The number of nitrogens with zero attached hydrogens (tertiary/aromatic N) is 2. The molecule has 33 heavy (non-hydrogen) atoms. The van der Waals surface area contributed by atoms with Gasteiger partial charge in [-0.15, -0.1) is 0 Å². The minimum atomic E-state index is -4.51. The van der Waals surface area contributed by atoms with E-state index in [-0.39, 0.29) is 23.4 Å². The average molecular weight is 449 g/mol. The molecule has 1 aliphatic heterocycles. The number of pyridine rings is 1. The second-order valence-corrected chi connectivity index (χ2v) is 7.04. The van der Waals surface area contributed by atoms with Crippen LogP contribution < -0.4 is 5.32 Å². The number of hydrogen-bond donors (Lipinski definition) is 1. The zero-order chi connectivity index (χ0) is 24.0. The molecule has 0 atom stereocenters. The number of anilines is 1. The first kappa shape index (κ1) is 23.7. The zero-order valence-electron chi connectivity index (χ0n) is 18.4. The number of amides is 1. The van der Waals surface area contributed by atoms with Crippen LogP contribution in [0.5, 0.6) is 0 Å². The molecule has 0 aliphatic carbocycles. The minimum absolute atomic E-state index is 0.0431. The van der Waals surface area contributed by atoms with Crippen molar-refractivity contribution in [3.8, 4) is 11.8 Å². The molecule has 4 nitrogen and oxygen atoms in total. The molecular weight excluding hydrogens is 427 g/mol. The molecule has 0 bridgehead atoms. The van der Waals surface area contributed by atoms with Crippen LogP contribution >= 0.6 is 0 Å². The first-order valence-electron chi connectivity index (χ1n) is 10.4. The molecule has 1 aliphatic rings. The monoisotopic (exact) mass is 449 g/mol. The summed E-state index contributed by atoms with van der Waals surface area (Å²) >= 11 is 0. The molecule has 0 spiro atoms. The third-order valence-corrected chi connectivity index (χ3v) is 4.71. The van der Waals surface area contributed by atoms with Crippen LogP contribution in [-0.2, 0) is 11.0 Å². The zero-order valence-corrected chi connectivity index (χ0v) is 18.4. The molecule has 0 saturated carbocycles. The van der Waals surface area contributed by atoms with Crippen molar-refractivity contribution in [3.63, 3.8) is 0 Å². The third-order valence-electron chi connectivity index (χ3n) is 4.71. The third kappa shape index (κ3) is 5.86. The number of alkyl halides is 3. The number of hydrogen-bond acceptors (Lipinski definition) is 3. The number of aliphatic imine (C=N–C) groups is 1. The molecule has 7 heteroatoms. The van der Waals surface area contributed by atoms with E-state index in [1.165, 1.54) is 13.0 Å². The Balaban J connectivity index is 0.00000149. The molecule has 3 aromatic rings. The van der Waals surface area contributed by atoms with Gasteiger partial charge in [0.2, 0.25) is 5.91 Å².